The molecule has 2 N–H and O–H groups in total. The molecule has 3 unspecified atom stereocenters. The number of ether oxygens (including phenoxy) is 1. The van der Waals surface area contributed by atoms with Gasteiger partial charge in [0.25, 0.3) is 0 Å². The minimum absolute atomic E-state index is 0.0358. The second-order valence-corrected chi connectivity index (χ2v) is 6.00. The maximum atomic E-state index is 12.1. The highest BCUT2D eigenvalue weighted by atomic mass is 16.5. The molecule has 7 nitrogen and oxygen atoms in total. The number of rotatable bonds is 4. The van der Waals surface area contributed by atoms with Gasteiger partial charge in [-0.15, -0.1) is 0 Å². The molecule has 0 aromatic rings. The van der Waals surface area contributed by atoms with Crippen molar-refractivity contribution in [1.82, 2.24) is 4.90 Å². The number of fused-ring (bicyclic) bond motifs is 1. The SMILES string of the molecule is CC1=C(CC(=O)N(C)CC(=O)O)C(=O)OC2CC(O)CCC12. The highest BCUT2D eigenvalue weighted by molar-refractivity contribution is 5.97. The molecule has 2 rings (SSSR count). The monoisotopic (exact) mass is 311 g/mol. The highest BCUT2D eigenvalue weighted by Crippen LogP contribution is 2.38. The smallest absolute Gasteiger partial charge is 0.334 e. The van der Waals surface area contributed by atoms with Crippen LogP contribution >= 0.6 is 0 Å². The van der Waals surface area contributed by atoms with Gasteiger partial charge in [0.05, 0.1) is 12.5 Å². The van der Waals surface area contributed by atoms with E-state index >= 15 is 0 Å². The van der Waals surface area contributed by atoms with E-state index in [0.717, 1.165) is 10.5 Å². The lowest BCUT2D eigenvalue weighted by atomic mass is 9.77. The Morgan fingerprint density at radius 1 is 1.36 bits per heavy atom. The molecule has 0 radical (unpaired) electrons. The van der Waals surface area contributed by atoms with Crippen LogP contribution in [0.3, 0.4) is 0 Å². The Morgan fingerprint density at radius 2 is 2.05 bits per heavy atom. The molecule has 22 heavy (non-hydrogen) atoms. The first kappa shape index (κ1) is 16.5. The van der Waals surface area contributed by atoms with E-state index in [9.17, 15) is 19.5 Å². The van der Waals surface area contributed by atoms with Gasteiger partial charge in [-0.2, -0.15) is 0 Å². The third kappa shape index (κ3) is 3.47. The lowest BCUT2D eigenvalue weighted by Gasteiger charge is -2.38. The number of nitrogens with zero attached hydrogens (tertiary/aromatic N) is 1. The second kappa shape index (κ2) is 6.48. The molecule has 7 heteroatoms. The Bertz CT molecular complexity index is 526. The van der Waals surface area contributed by atoms with E-state index in [1.165, 1.54) is 7.05 Å². The third-order valence-electron chi connectivity index (χ3n) is 4.43. The van der Waals surface area contributed by atoms with Gasteiger partial charge >= 0.3 is 11.9 Å². The van der Waals surface area contributed by atoms with Crippen LogP contribution in [0.1, 0.15) is 32.6 Å². The zero-order chi connectivity index (χ0) is 16.4. The fourth-order valence-corrected chi connectivity index (χ4v) is 3.12. The van der Waals surface area contributed by atoms with Gasteiger partial charge in [0.1, 0.15) is 12.6 Å². The molecule has 0 saturated heterocycles. The predicted molar refractivity (Wildman–Crippen MR) is 75.8 cm³/mol. The summed E-state index contributed by atoms with van der Waals surface area (Å²) in [6.07, 6.45) is 0.858. The number of amides is 1. The van der Waals surface area contributed by atoms with Gasteiger partial charge in [-0.25, -0.2) is 4.79 Å². The van der Waals surface area contributed by atoms with Crippen molar-refractivity contribution in [1.29, 1.82) is 0 Å². The molecule has 3 atom stereocenters. The zero-order valence-electron chi connectivity index (χ0n) is 12.7. The average molecular weight is 311 g/mol. The molecule has 1 heterocycles. The average Bonchev–Trinajstić information content (AvgIpc) is 2.42. The number of hydrogen-bond acceptors (Lipinski definition) is 5. The number of esters is 1. The molecule has 0 spiro atoms. The van der Waals surface area contributed by atoms with E-state index in [-0.39, 0.29) is 18.4 Å². The fourth-order valence-electron chi connectivity index (χ4n) is 3.12. The molecule has 0 aromatic carbocycles. The van der Waals surface area contributed by atoms with Crippen molar-refractivity contribution in [2.24, 2.45) is 5.92 Å². The van der Waals surface area contributed by atoms with Crippen LogP contribution < -0.4 is 0 Å². The number of carbonyl (C=O) groups excluding carboxylic acids is 2. The van der Waals surface area contributed by atoms with E-state index in [0.29, 0.717) is 24.8 Å². The van der Waals surface area contributed by atoms with E-state index < -0.39 is 30.5 Å². The van der Waals surface area contributed by atoms with Crippen molar-refractivity contribution in [3.8, 4) is 0 Å². The van der Waals surface area contributed by atoms with Crippen LogP contribution in [0.2, 0.25) is 0 Å². The Kier molecular flexibility index (Phi) is 4.85. The first-order valence-electron chi connectivity index (χ1n) is 7.34. The summed E-state index contributed by atoms with van der Waals surface area (Å²) in [5, 5.41) is 18.4. The van der Waals surface area contributed by atoms with Gasteiger partial charge in [-0.1, -0.05) is 5.57 Å². The van der Waals surface area contributed by atoms with E-state index in [2.05, 4.69) is 0 Å². The van der Waals surface area contributed by atoms with Gasteiger partial charge in [0, 0.05) is 25.0 Å². The molecule has 1 fully saturated rings. The lowest BCUT2D eigenvalue weighted by molar-refractivity contribution is -0.154. The standard InChI is InChI=1S/C15H21NO6/c1-8-10-4-3-9(17)5-12(10)22-15(21)11(8)6-13(18)16(2)7-14(19)20/h9-10,12,17H,3-7H2,1-2H3,(H,19,20). The number of aliphatic carboxylic acids is 1. The minimum Gasteiger partial charge on any atom is -0.480 e. The number of aliphatic hydroxyl groups excluding tert-OH is 1. The van der Waals surface area contributed by atoms with Crippen molar-refractivity contribution in [2.45, 2.75) is 44.8 Å². The summed E-state index contributed by atoms with van der Waals surface area (Å²) >= 11 is 0. The molecular formula is C15H21NO6. The molecule has 1 amide bonds. The van der Waals surface area contributed by atoms with Crippen molar-refractivity contribution in [2.75, 3.05) is 13.6 Å². The number of carboxylic acid groups (broad SMARTS) is 1. The Hall–Kier alpha value is -1.89. The quantitative estimate of drug-likeness (QED) is 0.725. The Morgan fingerprint density at radius 3 is 2.68 bits per heavy atom. The number of carboxylic acids is 1. The number of carbonyl (C=O) groups is 3. The topological polar surface area (TPSA) is 104 Å². The summed E-state index contributed by atoms with van der Waals surface area (Å²) in [6.45, 7) is 1.41. The largest absolute Gasteiger partial charge is 0.480 e. The predicted octanol–water partition coefficient (Wildman–Crippen LogP) is 0.322. The van der Waals surface area contributed by atoms with Crippen molar-refractivity contribution in [3.63, 3.8) is 0 Å². The number of aliphatic hydroxyl groups is 1. The second-order valence-electron chi connectivity index (χ2n) is 6.00. The van der Waals surface area contributed by atoms with Gasteiger partial charge in [0.2, 0.25) is 5.91 Å². The highest BCUT2D eigenvalue weighted by Gasteiger charge is 2.40. The normalized spacial score (nSPS) is 28.0. The van der Waals surface area contributed by atoms with E-state index in [1.54, 1.807) is 0 Å². The summed E-state index contributed by atoms with van der Waals surface area (Å²) in [4.78, 5) is 35.8. The van der Waals surface area contributed by atoms with Crippen LogP contribution in [0.25, 0.3) is 0 Å². The number of likely N-dealkylation sites (N-methyl/N-ethyl adjacent to an activating group) is 1. The van der Waals surface area contributed by atoms with E-state index in [1.807, 2.05) is 6.92 Å². The third-order valence-corrected chi connectivity index (χ3v) is 4.43. The van der Waals surface area contributed by atoms with Gasteiger partial charge in [0.15, 0.2) is 0 Å². The maximum Gasteiger partial charge on any atom is 0.334 e. The number of hydrogen-bond donors (Lipinski definition) is 2. The molecular weight excluding hydrogens is 290 g/mol. The van der Waals surface area contributed by atoms with Crippen LogP contribution in [0.15, 0.2) is 11.1 Å². The fraction of sp³-hybridized carbons (Fsp3) is 0.667. The molecule has 0 aromatic heterocycles. The van der Waals surface area contributed by atoms with Crippen LogP contribution in [-0.4, -0.2) is 58.8 Å². The zero-order valence-corrected chi connectivity index (χ0v) is 12.7. The van der Waals surface area contributed by atoms with Crippen LogP contribution in [0.4, 0.5) is 0 Å². The molecule has 2 aliphatic rings. The first-order chi connectivity index (χ1) is 10.3. The van der Waals surface area contributed by atoms with Crippen LogP contribution in [0.5, 0.6) is 0 Å². The minimum atomic E-state index is -1.10. The lowest BCUT2D eigenvalue weighted by Crippen LogP contribution is -2.41. The van der Waals surface area contributed by atoms with E-state index in [4.69, 9.17) is 9.84 Å². The summed E-state index contributed by atoms with van der Waals surface area (Å²) in [5.41, 5.74) is 1.14. The van der Waals surface area contributed by atoms with Crippen molar-refractivity contribution in [3.05, 3.63) is 11.1 Å². The van der Waals surface area contributed by atoms with Gasteiger partial charge in [-0.05, 0) is 19.8 Å². The van der Waals surface area contributed by atoms with Crippen LogP contribution in [-0.2, 0) is 19.1 Å². The molecule has 1 saturated carbocycles. The summed E-state index contributed by atoms with van der Waals surface area (Å²) in [6, 6.07) is 0. The van der Waals surface area contributed by atoms with Crippen molar-refractivity contribution < 1.29 is 29.3 Å². The summed E-state index contributed by atoms with van der Waals surface area (Å²) < 4.78 is 5.36. The summed E-state index contributed by atoms with van der Waals surface area (Å²) in [7, 11) is 1.39. The van der Waals surface area contributed by atoms with Crippen LogP contribution in [0, 0.1) is 5.92 Å². The maximum absolute atomic E-state index is 12.1. The first-order valence-corrected chi connectivity index (χ1v) is 7.34. The molecule has 122 valence electrons. The van der Waals surface area contributed by atoms with Gasteiger partial charge < -0.3 is 19.8 Å². The molecule has 0 bridgehead atoms. The Balaban J connectivity index is 2.12. The Labute approximate surface area is 128 Å². The van der Waals surface area contributed by atoms with Crippen molar-refractivity contribution >= 4 is 17.8 Å². The molecule has 1 aliphatic heterocycles. The summed E-state index contributed by atoms with van der Waals surface area (Å²) in [5.74, 6) is -2.03. The van der Waals surface area contributed by atoms with Gasteiger partial charge in [-0.3, -0.25) is 9.59 Å². The molecule has 1 aliphatic carbocycles.